The molecule has 0 radical (unpaired) electrons. The van der Waals surface area contributed by atoms with E-state index >= 15 is 0 Å². The third-order valence-electron chi connectivity index (χ3n) is 6.39. The summed E-state index contributed by atoms with van der Waals surface area (Å²) in [6.07, 6.45) is 9.71. The Morgan fingerprint density at radius 1 is 1.26 bits per heavy atom. The number of benzene rings is 1. The maximum absolute atomic E-state index is 13.2. The monoisotopic (exact) mass is 367 g/mol. The van der Waals surface area contributed by atoms with Crippen LogP contribution in [0.1, 0.15) is 63.1 Å². The van der Waals surface area contributed by atoms with Crippen LogP contribution in [0, 0.1) is 23.1 Å². The summed E-state index contributed by atoms with van der Waals surface area (Å²) in [7, 11) is 0. The number of hydrogen-bond acceptors (Lipinski definition) is 4. The van der Waals surface area contributed by atoms with Crippen molar-refractivity contribution in [1.29, 1.82) is 5.26 Å². The molecule has 2 aliphatic rings. The van der Waals surface area contributed by atoms with Crippen LogP contribution < -0.4 is 5.32 Å². The van der Waals surface area contributed by atoms with Gasteiger partial charge in [-0.05, 0) is 56.2 Å². The third-order valence-corrected chi connectivity index (χ3v) is 6.39. The van der Waals surface area contributed by atoms with E-state index in [2.05, 4.69) is 28.6 Å². The molecule has 0 aliphatic heterocycles. The topological polar surface area (TPSA) is 66.5 Å². The van der Waals surface area contributed by atoms with Crippen molar-refractivity contribution < 1.29 is 4.39 Å². The maximum Gasteiger partial charge on any atom is 0.150 e. The lowest BCUT2D eigenvalue weighted by Crippen LogP contribution is -2.46. The van der Waals surface area contributed by atoms with Gasteiger partial charge >= 0.3 is 0 Å². The van der Waals surface area contributed by atoms with Crippen LogP contribution in [0.2, 0.25) is 0 Å². The molecule has 2 saturated carbocycles. The number of rotatable bonds is 6. The van der Waals surface area contributed by atoms with Crippen molar-refractivity contribution in [2.45, 2.75) is 69.5 Å². The molecule has 2 aromatic rings. The van der Waals surface area contributed by atoms with Crippen molar-refractivity contribution in [3.8, 4) is 6.07 Å². The van der Waals surface area contributed by atoms with Crippen LogP contribution in [-0.4, -0.2) is 15.0 Å². The van der Waals surface area contributed by atoms with Gasteiger partial charge in [-0.2, -0.15) is 5.26 Å². The summed E-state index contributed by atoms with van der Waals surface area (Å²) >= 11 is 0. The first-order valence-electron chi connectivity index (χ1n) is 9.90. The van der Waals surface area contributed by atoms with Crippen molar-refractivity contribution in [2.24, 2.45) is 5.92 Å². The van der Waals surface area contributed by atoms with Gasteiger partial charge in [-0.25, -0.2) is 9.07 Å². The largest absolute Gasteiger partial charge is 0.302 e. The second kappa shape index (κ2) is 7.05. The number of hydrogen-bond donors (Lipinski definition) is 1. The molecule has 1 unspecified atom stereocenters. The van der Waals surface area contributed by atoms with E-state index in [4.69, 9.17) is 0 Å². The molecule has 2 aliphatic carbocycles. The highest BCUT2D eigenvalue weighted by molar-refractivity contribution is 5.21. The lowest BCUT2D eigenvalue weighted by Gasteiger charge is -2.39. The first kappa shape index (κ1) is 18.1. The maximum atomic E-state index is 13.2. The second-order valence-electron chi connectivity index (χ2n) is 8.21. The molecular formula is C21H26FN5. The summed E-state index contributed by atoms with van der Waals surface area (Å²) in [5.41, 5.74) is 1.13. The number of nitriles is 1. The van der Waals surface area contributed by atoms with Gasteiger partial charge in [-0.15, -0.1) is 5.10 Å². The van der Waals surface area contributed by atoms with Gasteiger partial charge in [0.15, 0.2) is 5.54 Å². The minimum atomic E-state index is -0.490. The van der Waals surface area contributed by atoms with Crippen LogP contribution in [-0.2, 0) is 17.6 Å². The molecule has 1 heterocycles. The van der Waals surface area contributed by atoms with Crippen LogP contribution in [0.5, 0.6) is 0 Å². The summed E-state index contributed by atoms with van der Waals surface area (Å²) in [6.45, 7) is 2.84. The molecule has 2 fully saturated rings. The zero-order chi connectivity index (χ0) is 18.9. The molecule has 1 atom stereocenters. The van der Waals surface area contributed by atoms with Crippen LogP contribution >= 0.6 is 0 Å². The highest BCUT2D eigenvalue weighted by atomic mass is 19.1. The quantitative estimate of drug-likeness (QED) is 0.837. The standard InChI is InChI=1S/C21H26FN5/c1-20(17-5-3-2-4-6-17,24-13-16-7-9-18(22)10-8-16)19-14-27(26-25-19)21(15-23)11-12-21/h7-10,14,17,24H,2-6,11-13H2,1H3. The predicted octanol–water partition coefficient (Wildman–Crippen LogP) is 4.02. The molecule has 6 heteroatoms. The fourth-order valence-electron chi connectivity index (χ4n) is 4.23. The van der Waals surface area contributed by atoms with Crippen LogP contribution in [0.15, 0.2) is 30.5 Å². The molecule has 1 N–H and O–H groups in total. The van der Waals surface area contributed by atoms with Crippen molar-refractivity contribution in [2.75, 3.05) is 0 Å². The highest BCUT2D eigenvalue weighted by Gasteiger charge is 2.48. The molecular weight excluding hydrogens is 341 g/mol. The zero-order valence-corrected chi connectivity index (χ0v) is 15.8. The Hall–Kier alpha value is -2.26. The Morgan fingerprint density at radius 3 is 2.59 bits per heavy atom. The van der Waals surface area contributed by atoms with E-state index in [1.807, 2.05) is 18.3 Å². The van der Waals surface area contributed by atoms with Crippen LogP contribution in [0.3, 0.4) is 0 Å². The minimum Gasteiger partial charge on any atom is -0.302 e. The average Bonchev–Trinajstić information content (AvgIpc) is 3.35. The van der Waals surface area contributed by atoms with E-state index in [-0.39, 0.29) is 11.4 Å². The number of nitrogens with one attached hydrogen (secondary N) is 1. The molecule has 4 rings (SSSR count). The first-order valence-corrected chi connectivity index (χ1v) is 9.90. The van der Waals surface area contributed by atoms with E-state index in [1.54, 1.807) is 4.68 Å². The number of halogens is 1. The number of nitrogens with zero attached hydrogens (tertiary/aromatic N) is 4. The van der Waals surface area contributed by atoms with Crippen molar-refractivity contribution in [3.05, 3.63) is 47.5 Å². The lowest BCUT2D eigenvalue weighted by atomic mass is 9.74. The van der Waals surface area contributed by atoms with Gasteiger partial charge < -0.3 is 5.32 Å². The highest BCUT2D eigenvalue weighted by Crippen LogP contribution is 2.44. The fraction of sp³-hybridized carbons (Fsp3) is 0.571. The van der Waals surface area contributed by atoms with Crippen molar-refractivity contribution >= 4 is 0 Å². The molecule has 27 heavy (non-hydrogen) atoms. The van der Waals surface area contributed by atoms with Gasteiger partial charge in [0.1, 0.15) is 11.5 Å². The van der Waals surface area contributed by atoms with E-state index in [1.165, 1.54) is 31.4 Å². The van der Waals surface area contributed by atoms with Gasteiger partial charge in [-0.1, -0.05) is 36.6 Å². The molecule has 142 valence electrons. The van der Waals surface area contributed by atoms with Gasteiger partial charge in [-0.3, -0.25) is 0 Å². The normalized spacial score (nSPS) is 21.4. The van der Waals surface area contributed by atoms with Crippen molar-refractivity contribution in [1.82, 2.24) is 20.3 Å². The van der Waals surface area contributed by atoms with Gasteiger partial charge in [0.05, 0.1) is 17.8 Å². The van der Waals surface area contributed by atoms with E-state index in [0.717, 1.165) is 36.9 Å². The molecule has 1 aromatic heterocycles. The summed E-state index contributed by atoms with van der Waals surface area (Å²) in [4.78, 5) is 0. The Kier molecular flexibility index (Phi) is 4.73. The molecule has 0 amide bonds. The minimum absolute atomic E-state index is 0.219. The van der Waals surface area contributed by atoms with Gasteiger partial charge in [0.25, 0.3) is 0 Å². The molecule has 1 aromatic carbocycles. The molecule has 5 nitrogen and oxygen atoms in total. The Morgan fingerprint density at radius 2 is 1.96 bits per heavy atom. The Bertz CT molecular complexity index is 827. The summed E-state index contributed by atoms with van der Waals surface area (Å²) in [5.74, 6) is 0.247. The van der Waals surface area contributed by atoms with E-state index in [9.17, 15) is 9.65 Å². The fourth-order valence-corrected chi connectivity index (χ4v) is 4.23. The summed E-state index contributed by atoms with van der Waals surface area (Å²) in [6, 6.07) is 9.00. The molecule has 0 spiro atoms. The average molecular weight is 367 g/mol. The summed E-state index contributed by atoms with van der Waals surface area (Å²) in [5, 5.41) is 21.9. The molecule has 0 bridgehead atoms. The predicted molar refractivity (Wildman–Crippen MR) is 100 cm³/mol. The Labute approximate surface area is 159 Å². The van der Waals surface area contributed by atoms with Crippen LogP contribution in [0.25, 0.3) is 0 Å². The van der Waals surface area contributed by atoms with E-state index in [0.29, 0.717) is 12.5 Å². The van der Waals surface area contributed by atoms with E-state index < -0.39 is 5.54 Å². The zero-order valence-electron chi connectivity index (χ0n) is 15.8. The van der Waals surface area contributed by atoms with Crippen LogP contribution in [0.4, 0.5) is 4.39 Å². The first-order chi connectivity index (χ1) is 13.1. The van der Waals surface area contributed by atoms with Gasteiger partial charge in [0, 0.05) is 6.54 Å². The molecule has 0 saturated heterocycles. The third kappa shape index (κ3) is 3.49. The van der Waals surface area contributed by atoms with Gasteiger partial charge in [0.2, 0.25) is 0 Å². The van der Waals surface area contributed by atoms with Crippen molar-refractivity contribution in [3.63, 3.8) is 0 Å². The Balaban J connectivity index is 1.60. The lowest BCUT2D eigenvalue weighted by molar-refractivity contribution is 0.170. The number of aromatic nitrogens is 3. The smallest absolute Gasteiger partial charge is 0.150 e. The SMILES string of the molecule is CC(NCc1ccc(F)cc1)(c1cn(C2(C#N)CC2)nn1)C1CCCCC1. The second-order valence-corrected chi connectivity index (χ2v) is 8.21. The summed E-state index contributed by atoms with van der Waals surface area (Å²) < 4.78 is 15.0.